The average molecular weight is 425 g/mol. The van der Waals surface area contributed by atoms with Gasteiger partial charge in [0, 0.05) is 41.3 Å². The topological polar surface area (TPSA) is 79.8 Å². The van der Waals surface area contributed by atoms with E-state index in [1.54, 1.807) is 31.3 Å². The minimum absolute atomic E-state index is 0.0323. The predicted octanol–water partition coefficient (Wildman–Crippen LogP) is 5.15. The van der Waals surface area contributed by atoms with Crippen molar-refractivity contribution >= 4 is 32.7 Å². The van der Waals surface area contributed by atoms with Crippen molar-refractivity contribution < 1.29 is 13.6 Å². The summed E-state index contributed by atoms with van der Waals surface area (Å²) in [5.41, 5.74) is 2.05. The zero-order chi connectivity index (χ0) is 21.3. The normalized spacial score (nSPS) is 10.9. The van der Waals surface area contributed by atoms with Crippen LogP contribution >= 0.6 is 11.3 Å². The van der Waals surface area contributed by atoms with Gasteiger partial charge in [0.1, 0.15) is 17.0 Å². The number of benzene rings is 1. The highest BCUT2D eigenvalue weighted by Gasteiger charge is 2.22. The molecule has 152 valence electrons. The van der Waals surface area contributed by atoms with E-state index < -0.39 is 17.7 Å². The van der Waals surface area contributed by atoms with Crippen LogP contribution in [0.4, 0.5) is 18.7 Å². The second kappa shape index (κ2) is 8.11. The number of nitrogens with zero attached hydrogens (tertiary/aromatic N) is 3. The Morgan fingerprint density at radius 2 is 2.00 bits per heavy atom. The summed E-state index contributed by atoms with van der Waals surface area (Å²) in [5, 5.41) is 5.38. The molecule has 0 unspecified atom stereocenters. The summed E-state index contributed by atoms with van der Waals surface area (Å²) in [4.78, 5) is 24.5. The van der Waals surface area contributed by atoms with Crippen LogP contribution in [-0.4, -0.2) is 27.5 Å². The van der Waals surface area contributed by atoms with Crippen LogP contribution in [0.5, 0.6) is 0 Å². The predicted molar refractivity (Wildman–Crippen MR) is 113 cm³/mol. The monoisotopic (exact) mass is 425 g/mol. The molecule has 0 aliphatic rings. The summed E-state index contributed by atoms with van der Waals surface area (Å²) in [5.74, 6) is -1.11. The van der Waals surface area contributed by atoms with Crippen molar-refractivity contribution in [3.8, 4) is 22.4 Å². The number of aryl methyl sites for hydroxylation is 1. The van der Waals surface area contributed by atoms with Gasteiger partial charge in [-0.2, -0.15) is 0 Å². The number of halogens is 2. The summed E-state index contributed by atoms with van der Waals surface area (Å²) in [7, 11) is 0. The minimum atomic E-state index is -0.573. The average Bonchev–Trinajstić information content (AvgIpc) is 3.14. The summed E-state index contributed by atoms with van der Waals surface area (Å²) >= 11 is 1.06. The molecule has 0 bridgehead atoms. The molecule has 4 rings (SSSR count). The maximum Gasteiger partial charge on any atom is 0.321 e. The van der Waals surface area contributed by atoms with E-state index in [9.17, 15) is 9.18 Å². The molecule has 0 saturated heterocycles. The van der Waals surface area contributed by atoms with Gasteiger partial charge in [0.2, 0.25) is 0 Å². The molecule has 30 heavy (non-hydrogen) atoms. The first-order valence-electron chi connectivity index (χ1n) is 9.19. The number of nitrogens with one attached hydrogen (secondary N) is 2. The fourth-order valence-electron chi connectivity index (χ4n) is 3.00. The molecule has 0 fully saturated rings. The van der Waals surface area contributed by atoms with Crippen molar-refractivity contribution in [1.29, 1.82) is 0 Å². The number of carbonyl (C=O) groups is 1. The Hall–Kier alpha value is -3.46. The number of hydrogen-bond acceptors (Lipinski definition) is 5. The molecule has 0 saturated carbocycles. The van der Waals surface area contributed by atoms with Gasteiger partial charge in [0.15, 0.2) is 10.9 Å². The van der Waals surface area contributed by atoms with Gasteiger partial charge in [-0.05, 0) is 38.1 Å². The standard InChI is InChI=1S/C21H17F2N5OS/c1-3-24-20(29)28-21-27-18-16(23)13(12-7-6-11(2)26-10-12)9-14(19(18)30-21)17-15(22)5-4-8-25-17/h4-10H,3H2,1-2H3,(H2,24,27,28,29). The molecular formula is C21H17F2N5OS. The van der Waals surface area contributed by atoms with E-state index >= 15 is 4.39 Å². The highest BCUT2D eigenvalue weighted by atomic mass is 32.1. The van der Waals surface area contributed by atoms with E-state index in [0.717, 1.165) is 17.0 Å². The van der Waals surface area contributed by atoms with Crippen LogP contribution in [-0.2, 0) is 0 Å². The van der Waals surface area contributed by atoms with Crippen molar-refractivity contribution in [3.63, 3.8) is 0 Å². The van der Waals surface area contributed by atoms with Gasteiger partial charge in [-0.15, -0.1) is 0 Å². The van der Waals surface area contributed by atoms with Crippen LogP contribution in [0.15, 0.2) is 42.7 Å². The molecule has 1 aromatic carbocycles. The van der Waals surface area contributed by atoms with Crippen LogP contribution in [0.1, 0.15) is 12.6 Å². The smallest absolute Gasteiger partial charge is 0.321 e. The third-order valence-corrected chi connectivity index (χ3v) is 5.40. The van der Waals surface area contributed by atoms with Crippen molar-refractivity contribution in [3.05, 3.63) is 60.1 Å². The fraction of sp³-hybridized carbons (Fsp3) is 0.143. The summed E-state index contributed by atoms with van der Waals surface area (Å²) in [6.45, 7) is 4.04. The van der Waals surface area contributed by atoms with Crippen LogP contribution < -0.4 is 10.6 Å². The molecule has 0 atom stereocenters. The van der Waals surface area contributed by atoms with Crippen LogP contribution in [0.2, 0.25) is 0 Å². The molecule has 2 N–H and O–H groups in total. The molecule has 9 heteroatoms. The van der Waals surface area contributed by atoms with Crippen LogP contribution in [0.3, 0.4) is 0 Å². The zero-order valence-electron chi connectivity index (χ0n) is 16.2. The second-order valence-corrected chi connectivity index (χ2v) is 7.49. The number of pyridine rings is 2. The molecule has 3 heterocycles. The number of carbonyl (C=O) groups excluding carboxylic acids is 1. The van der Waals surface area contributed by atoms with Gasteiger partial charge >= 0.3 is 6.03 Å². The lowest BCUT2D eigenvalue weighted by atomic mass is 10.0. The Labute approximate surface area is 175 Å². The summed E-state index contributed by atoms with van der Waals surface area (Å²) in [6, 6.07) is 7.38. The number of aromatic nitrogens is 3. The van der Waals surface area contributed by atoms with E-state index in [0.29, 0.717) is 22.4 Å². The Balaban J connectivity index is 1.95. The van der Waals surface area contributed by atoms with Gasteiger partial charge in [-0.25, -0.2) is 18.6 Å². The van der Waals surface area contributed by atoms with Gasteiger partial charge in [-0.1, -0.05) is 17.4 Å². The number of urea groups is 1. The molecule has 4 aromatic rings. The third kappa shape index (κ3) is 3.71. The fourth-order valence-corrected chi connectivity index (χ4v) is 3.98. The molecular weight excluding hydrogens is 408 g/mol. The van der Waals surface area contributed by atoms with Crippen molar-refractivity contribution in [1.82, 2.24) is 20.3 Å². The number of thiazole rings is 1. The van der Waals surface area contributed by atoms with E-state index in [4.69, 9.17) is 0 Å². The van der Waals surface area contributed by atoms with Crippen molar-refractivity contribution in [2.24, 2.45) is 0 Å². The second-order valence-electron chi connectivity index (χ2n) is 6.49. The lowest BCUT2D eigenvalue weighted by Crippen LogP contribution is -2.28. The number of fused-ring (bicyclic) bond motifs is 1. The summed E-state index contributed by atoms with van der Waals surface area (Å²) < 4.78 is 30.4. The van der Waals surface area contributed by atoms with Gasteiger partial charge in [0.25, 0.3) is 0 Å². The first-order valence-corrected chi connectivity index (χ1v) is 10.0. The molecule has 2 amide bonds. The van der Waals surface area contributed by atoms with Crippen LogP contribution in [0, 0.1) is 18.6 Å². The Morgan fingerprint density at radius 1 is 1.17 bits per heavy atom. The molecule has 0 aliphatic carbocycles. The number of rotatable bonds is 4. The SMILES string of the molecule is CCNC(=O)Nc1nc2c(F)c(-c3ccc(C)nc3)cc(-c3ncccc3F)c2s1. The number of amides is 2. The molecule has 6 nitrogen and oxygen atoms in total. The van der Waals surface area contributed by atoms with Crippen LogP contribution in [0.25, 0.3) is 32.6 Å². The van der Waals surface area contributed by atoms with Gasteiger partial charge in [-0.3, -0.25) is 15.3 Å². The first-order chi connectivity index (χ1) is 14.5. The number of hydrogen-bond donors (Lipinski definition) is 2. The van der Waals surface area contributed by atoms with E-state index in [1.165, 1.54) is 18.3 Å². The van der Waals surface area contributed by atoms with Crippen molar-refractivity contribution in [2.75, 3.05) is 11.9 Å². The molecule has 0 aliphatic heterocycles. The van der Waals surface area contributed by atoms with Crippen molar-refractivity contribution in [2.45, 2.75) is 13.8 Å². The molecule has 0 spiro atoms. The maximum atomic E-state index is 15.4. The summed E-state index contributed by atoms with van der Waals surface area (Å²) in [6.07, 6.45) is 3.02. The number of anilines is 1. The van der Waals surface area contributed by atoms with Gasteiger partial charge < -0.3 is 5.32 Å². The highest BCUT2D eigenvalue weighted by Crippen LogP contribution is 2.40. The zero-order valence-corrected chi connectivity index (χ0v) is 17.0. The van der Waals surface area contributed by atoms with Gasteiger partial charge in [0.05, 0.1) is 4.70 Å². The lowest BCUT2D eigenvalue weighted by Gasteiger charge is -2.09. The largest absolute Gasteiger partial charge is 0.338 e. The highest BCUT2D eigenvalue weighted by molar-refractivity contribution is 7.22. The Morgan fingerprint density at radius 3 is 2.70 bits per heavy atom. The first kappa shape index (κ1) is 19.8. The van der Waals surface area contributed by atoms with E-state index in [1.807, 2.05) is 6.92 Å². The molecule has 0 radical (unpaired) electrons. The quantitative estimate of drug-likeness (QED) is 0.474. The lowest BCUT2D eigenvalue weighted by molar-refractivity contribution is 0.252. The Kier molecular flexibility index (Phi) is 5.37. The van der Waals surface area contributed by atoms with E-state index in [2.05, 4.69) is 25.6 Å². The Bertz CT molecular complexity index is 1240. The minimum Gasteiger partial charge on any atom is -0.338 e. The third-order valence-electron chi connectivity index (χ3n) is 4.40. The maximum absolute atomic E-state index is 15.4. The molecule has 3 aromatic heterocycles. The van der Waals surface area contributed by atoms with E-state index in [-0.39, 0.29) is 21.9 Å².